The Morgan fingerprint density at radius 3 is 2.35 bits per heavy atom. The van der Waals surface area contributed by atoms with Crippen molar-refractivity contribution in [2.45, 2.75) is 68.6 Å². The van der Waals surface area contributed by atoms with E-state index < -0.39 is 0 Å². The van der Waals surface area contributed by atoms with Crippen molar-refractivity contribution in [3.05, 3.63) is 84.4 Å². The van der Waals surface area contributed by atoms with Crippen LogP contribution in [-0.4, -0.2) is 25.1 Å². The number of nitrogens with one attached hydrogen (secondary N) is 1. The molecule has 0 unspecified atom stereocenters. The van der Waals surface area contributed by atoms with Gasteiger partial charge in [-0.25, -0.2) is 4.79 Å². The highest BCUT2D eigenvalue weighted by Gasteiger charge is 2.16. The van der Waals surface area contributed by atoms with Crippen LogP contribution < -0.4 is 15.0 Å². The first-order valence-electron chi connectivity index (χ1n) is 13.3. The number of benzene rings is 3. The first-order valence-corrected chi connectivity index (χ1v) is 14.1. The first-order chi connectivity index (χ1) is 18.1. The van der Waals surface area contributed by atoms with Gasteiger partial charge in [-0.1, -0.05) is 74.8 Å². The number of esters is 1. The smallest absolute Gasteiger partial charge is 0.321 e. The van der Waals surface area contributed by atoms with E-state index in [0.29, 0.717) is 25.3 Å². The largest absolute Gasteiger partial charge is 0.427 e. The van der Waals surface area contributed by atoms with Gasteiger partial charge in [-0.15, -0.1) is 0 Å². The van der Waals surface area contributed by atoms with E-state index >= 15 is 0 Å². The second kappa shape index (κ2) is 15.8. The van der Waals surface area contributed by atoms with Crippen molar-refractivity contribution in [3.8, 4) is 5.75 Å². The summed E-state index contributed by atoms with van der Waals surface area (Å²) in [5.74, 6) is 0.344. The summed E-state index contributed by atoms with van der Waals surface area (Å²) >= 11 is 1.62. The number of carbonyl (C=O) groups is 2. The molecule has 0 saturated heterocycles. The van der Waals surface area contributed by atoms with Crippen molar-refractivity contribution < 1.29 is 14.3 Å². The molecule has 5 nitrogen and oxygen atoms in total. The monoisotopic (exact) mass is 518 g/mol. The summed E-state index contributed by atoms with van der Waals surface area (Å²) in [7, 11) is 0. The molecule has 196 valence electrons. The molecular weight excluding hydrogens is 480 g/mol. The van der Waals surface area contributed by atoms with E-state index in [1.54, 1.807) is 11.8 Å². The van der Waals surface area contributed by atoms with Crippen molar-refractivity contribution in [2.75, 3.05) is 18.0 Å². The molecule has 0 heterocycles. The third-order valence-corrected chi connectivity index (χ3v) is 6.86. The van der Waals surface area contributed by atoms with E-state index in [9.17, 15) is 9.59 Å². The Kier molecular flexibility index (Phi) is 12.1. The Bertz CT molecular complexity index is 1100. The Labute approximate surface area is 225 Å². The number of carbonyl (C=O) groups excluding carboxylic acids is 2. The Hall–Kier alpha value is -3.25. The topological polar surface area (TPSA) is 58.6 Å². The van der Waals surface area contributed by atoms with Crippen LogP contribution in [0.1, 0.15) is 57.9 Å². The second-order valence-corrected chi connectivity index (χ2v) is 10.1. The molecule has 3 rings (SSSR count). The standard InChI is InChI=1S/C31H38N2O3S/c1-3-5-9-22-32-31(35)33(23-11-15-25-13-7-6-8-14-25)26-16-10-17-29(24-26)37-28-20-18-27(19-21-28)36-30(34)12-4-2/h6-8,10,13-14,16-21,24H,3-5,9,11-12,15,22-23H2,1-2H3,(H,32,35). The minimum absolute atomic E-state index is 0.0513. The van der Waals surface area contributed by atoms with E-state index in [0.717, 1.165) is 54.0 Å². The minimum Gasteiger partial charge on any atom is -0.427 e. The number of nitrogens with zero attached hydrogens (tertiary/aromatic N) is 1. The van der Waals surface area contributed by atoms with Crippen LogP contribution in [0, 0.1) is 0 Å². The number of amides is 2. The Morgan fingerprint density at radius 2 is 1.62 bits per heavy atom. The molecule has 0 fully saturated rings. The molecule has 0 radical (unpaired) electrons. The average Bonchev–Trinajstić information content (AvgIpc) is 2.91. The lowest BCUT2D eigenvalue weighted by atomic mass is 10.1. The molecule has 0 aliphatic heterocycles. The summed E-state index contributed by atoms with van der Waals surface area (Å²) in [5, 5.41) is 3.10. The van der Waals surface area contributed by atoms with Crippen molar-refractivity contribution in [1.29, 1.82) is 0 Å². The number of unbranched alkanes of at least 4 members (excludes halogenated alkanes) is 2. The van der Waals surface area contributed by atoms with Gasteiger partial charge >= 0.3 is 12.0 Å². The number of aryl methyl sites for hydroxylation is 1. The molecule has 6 heteroatoms. The molecule has 0 aromatic heterocycles. The van der Waals surface area contributed by atoms with Gasteiger partial charge < -0.3 is 10.1 Å². The maximum Gasteiger partial charge on any atom is 0.321 e. The number of rotatable bonds is 14. The second-order valence-electron chi connectivity index (χ2n) is 8.97. The summed E-state index contributed by atoms with van der Waals surface area (Å²) < 4.78 is 5.35. The lowest BCUT2D eigenvalue weighted by molar-refractivity contribution is -0.134. The molecule has 0 saturated carbocycles. The van der Waals surface area contributed by atoms with Crippen LogP contribution in [0.4, 0.5) is 10.5 Å². The van der Waals surface area contributed by atoms with Gasteiger partial charge in [-0.05, 0) is 73.7 Å². The van der Waals surface area contributed by atoms with Crippen LogP contribution in [0.5, 0.6) is 5.75 Å². The normalized spacial score (nSPS) is 10.6. The fourth-order valence-electron chi connectivity index (χ4n) is 3.91. The fourth-order valence-corrected chi connectivity index (χ4v) is 4.78. The van der Waals surface area contributed by atoms with E-state index in [4.69, 9.17) is 4.74 Å². The molecule has 3 aromatic carbocycles. The van der Waals surface area contributed by atoms with Gasteiger partial charge in [0.05, 0.1) is 0 Å². The van der Waals surface area contributed by atoms with Crippen LogP contribution in [-0.2, 0) is 11.2 Å². The maximum atomic E-state index is 13.2. The van der Waals surface area contributed by atoms with E-state index in [-0.39, 0.29) is 12.0 Å². The van der Waals surface area contributed by atoms with Gasteiger partial charge in [-0.3, -0.25) is 9.69 Å². The summed E-state index contributed by atoms with van der Waals surface area (Å²) in [4.78, 5) is 28.8. The molecule has 0 aliphatic carbocycles. The highest BCUT2D eigenvalue weighted by atomic mass is 32.2. The Morgan fingerprint density at radius 1 is 0.838 bits per heavy atom. The molecule has 37 heavy (non-hydrogen) atoms. The minimum atomic E-state index is -0.212. The summed E-state index contributed by atoms with van der Waals surface area (Å²) in [6, 6.07) is 26.0. The molecule has 0 spiro atoms. The van der Waals surface area contributed by atoms with Crippen LogP contribution in [0.15, 0.2) is 88.7 Å². The summed E-state index contributed by atoms with van der Waals surface area (Å²) in [6.45, 7) is 5.44. The van der Waals surface area contributed by atoms with E-state index in [1.807, 2.05) is 60.4 Å². The molecule has 3 aromatic rings. The highest BCUT2D eigenvalue weighted by Crippen LogP contribution is 2.32. The average molecular weight is 519 g/mol. The quantitative estimate of drug-likeness (QED) is 0.134. The van der Waals surface area contributed by atoms with Crippen molar-refractivity contribution >= 4 is 29.4 Å². The van der Waals surface area contributed by atoms with Gasteiger partial charge in [0, 0.05) is 35.0 Å². The van der Waals surface area contributed by atoms with Crippen LogP contribution >= 0.6 is 11.8 Å². The van der Waals surface area contributed by atoms with Gasteiger partial charge in [0.2, 0.25) is 0 Å². The SMILES string of the molecule is CCCCCNC(=O)N(CCCc1ccccc1)c1cccc(Sc2ccc(OC(=O)CCC)cc2)c1. The van der Waals surface area contributed by atoms with E-state index in [2.05, 4.69) is 42.6 Å². The molecule has 0 atom stereocenters. The number of urea groups is 1. The zero-order chi connectivity index (χ0) is 26.3. The van der Waals surface area contributed by atoms with Crippen LogP contribution in [0.2, 0.25) is 0 Å². The van der Waals surface area contributed by atoms with Crippen molar-refractivity contribution in [2.24, 2.45) is 0 Å². The highest BCUT2D eigenvalue weighted by molar-refractivity contribution is 7.99. The predicted octanol–water partition coefficient (Wildman–Crippen LogP) is 7.88. The number of hydrogen-bond acceptors (Lipinski definition) is 4. The molecular formula is C31H38N2O3S. The first kappa shape index (κ1) is 28.3. The molecule has 2 amide bonds. The third kappa shape index (κ3) is 9.96. The third-order valence-electron chi connectivity index (χ3n) is 5.87. The van der Waals surface area contributed by atoms with E-state index in [1.165, 1.54) is 5.56 Å². The summed E-state index contributed by atoms with van der Waals surface area (Å²) in [5.41, 5.74) is 2.16. The van der Waals surface area contributed by atoms with Crippen LogP contribution in [0.3, 0.4) is 0 Å². The maximum absolute atomic E-state index is 13.2. The number of hydrogen-bond donors (Lipinski definition) is 1. The van der Waals surface area contributed by atoms with Gasteiger partial charge in [0.1, 0.15) is 5.75 Å². The lowest BCUT2D eigenvalue weighted by Gasteiger charge is -2.24. The predicted molar refractivity (Wildman–Crippen MR) is 153 cm³/mol. The lowest BCUT2D eigenvalue weighted by Crippen LogP contribution is -2.41. The molecule has 0 bridgehead atoms. The summed E-state index contributed by atoms with van der Waals surface area (Å²) in [6.07, 6.45) is 6.20. The molecule has 1 N–H and O–H groups in total. The zero-order valence-electron chi connectivity index (χ0n) is 21.9. The van der Waals surface area contributed by atoms with Crippen LogP contribution in [0.25, 0.3) is 0 Å². The number of anilines is 1. The molecule has 0 aliphatic rings. The van der Waals surface area contributed by atoms with Crippen molar-refractivity contribution in [1.82, 2.24) is 5.32 Å². The Balaban J connectivity index is 1.67. The number of ether oxygens (including phenoxy) is 1. The fraction of sp³-hybridized carbons (Fsp3) is 0.355. The van der Waals surface area contributed by atoms with Gasteiger partial charge in [-0.2, -0.15) is 0 Å². The van der Waals surface area contributed by atoms with Gasteiger partial charge in [0.15, 0.2) is 0 Å². The van der Waals surface area contributed by atoms with Crippen molar-refractivity contribution in [3.63, 3.8) is 0 Å². The van der Waals surface area contributed by atoms with Gasteiger partial charge in [0.25, 0.3) is 0 Å². The zero-order valence-corrected chi connectivity index (χ0v) is 22.8.